The first-order valence-corrected chi connectivity index (χ1v) is 7.26. The largest absolute Gasteiger partial charge is 0.387 e. The van der Waals surface area contributed by atoms with Crippen molar-refractivity contribution in [2.45, 2.75) is 19.4 Å². The van der Waals surface area contributed by atoms with Crippen molar-refractivity contribution in [2.75, 3.05) is 0 Å². The molecule has 1 aromatic heterocycles. The maximum atomic E-state index is 10.4. The van der Waals surface area contributed by atoms with Gasteiger partial charge in [0.25, 0.3) is 0 Å². The van der Waals surface area contributed by atoms with Crippen LogP contribution in [0.15, 0.2) is 54.6 Å². The van der Waals surface area contributed by atoms with Gasteiger partial charge in [-0.1, -0.05) is 48.0 Å². The average molecular weight is 268 g/mol. The maximum Gasteiger partial charge on any atom is 0.0922 e. The van der Waals surface area contributed by atoms with E-state index < -0.39 is 6.10 Å². The fraction of sp³-hybridized carbons (Fsp3) is 0.176. The minimum Gasteiger partial charge on any atom is -0.387 e. The zero-order chi connectivity index (χ0) is 13.2. The van der Waals surface area contributed by atoms with Gasteiger partial charge in [-0.25, -0.2) is 0 Å². The highest BCUT2D eigenvalue weighted by molar-refractivity contribution is 7.19. The second-order valence-corrected chi connectivity index (χ2v) is 6.01. The molecule has 0 amide bonds. The van der Waals surface area contributed by atoms with Crippen LogP contribution in [0.25, 0.3) is 10.1 Å². The molecule has 2 heteroatoms. The van der Waals surface area contributed by atoms with Crippen molar-refractivity contribution >= 4 is 21.4 Å². The van der Waals surface area contributed by atoms with Gasteiger partial charge in [-0.2, -0.15) is 0 Å². The fourth-order valence-electron chi connectivity index (χ4n) is 2.33. The molecule has 96 valence electrons. The highest BCUT2D eigenvalue weighted by Gasteiger charge is 2.12. The Balaban J connectivity index is 1.85. The lowest BCUT2D eigenvalue weighted by Gasteiger charge is -2.08. The SMILES string of the molecule is Cc1cccc(CC(O)c2cc3ccccc3s2)c1. The van der Waals surface area contributed by atoms with E-state index in [0.717, 1.165) is 4.88 Å². The molecule has 19 heavy (non-hydrogen) atoms. The lowest BCUT2D eigenvalue weighted by molar-refractivity contribution is 0.182. The molecule has 0 aliphatic heterocycles. The van der Waals surface area contributed by atoms with Gasteiger partial charge in [-0.3, -0.25) is 0 Å². The van der Waals surface area contributed by atoms with Crippen LogP contribution in [-0.4, -0.2) is 5.11 Å². The molecular weight excluding hydrogens is 252 g/mol. The van der Waals surface area contributed by atoms with Crippen LogP contribution in [0, 0.1) is 6.92 Å². The van der Waals surface area contributed by atoms with Gasteiger partial charge < -0.3 is 5.11 Å². The summed E-state index contributed by atoms with van der Waals surface area (Å²) in [6.07, 6.45) is 0.258. The van der Waals surface area contributed by atoms with Gasteiger partial charge in [0, 0.05) is 16.0 Å². The van der Waals surface area contributed by atoms with Crippen molar-refractivity contribution in [3.63, 3.8) is 0 Å². The molecule has 0 aliphatic carbocycles. The summed E-state index contributed by atoms with van der Waals surface area (Å²) in [7, 11) is 0. The topological polar surface area (TPSA) is 20.2 Å². The monoisotopic (exact) mass is 268 g/mol. The van der Waals surface area contributed by atoms with Crippen LogP contribution in [0.3, 0.4) is 0 Å². The van der Waals surface area contributed by atoms with Gasteiger partial charge in [0.2, 0.25) is 0 Å². The first-order valence-electron chi connectivity index (χ1n) is 6.44. The summed E-state index contributed by atoms with van der Waals surface area (Å²) < 4.78 is 1.24. The summed E-state index contributed by atoms with van der Waals surface area (Å²) in [5, 5.41) is 11.6. The number of hydrogen-bond acceptors (Lipinski definition) is 2. The molecule has 0 aliphatic rings. The molecule has 1 atom stereocenters. The normalized spacial score (nSPS) is 12.7. The van der Waals surface area contributed by atoms with Crippen LogP contribution in [0.4, 0.5) is 0 Å². The summed E-state index contributed by atoms with van der Waals surface area (Å²) >= 11 is 1.68. The summed E-state index contributed by atoms with van der Waals surface area (Å²) in [6, 6.07) is 18.7. The Labute approximate surface area is 117 Å². The summed E-state index contributed by atoms with van der Waals surface area (Å²) in [4.78, 5) is 1.04. The van der Waals surface area contributed by atoms with E-state index in [4.69, 9.17) is 0 Å². The second-order valence-electron chi connectivity index (χ2n) is 4.90. The molecule has 0 saturated heterocycles. The van der Waals surface area contributed by atoms with Crippen LogP contribution in [0.1, 0.15) is 22.1 Å². The highest BCUT2D eigenvalue weighted by Crippen LogP contribution is 2.31. The minimum atomic E-state index is -0.417. The predicted molar refractivity (Wildman–Crippen MR) is 81.7 cm³/mol. The van der Waals surface area contributed by atoms with Crippen LogP contribution in [0.5, 0.6) is 0 Å². The summed E-state index contributed by atoms with van der Waals surface area (Å²) in [5.41, 5.74) is 2.42. The van der Waals surface area contributed by atoms with Crippen molar-refractivity contribution in [3.05, 3.63) is 70.6 Å². The molecule has 0 radical (unpaired) electrons. The van der Waals surface area contributed by atoms with Gasteiger partial charge >= 0.3 is 0 Å². The molecule has 1 N–H and O–H groups in total. The number of thiophene rings is 1. The Morgan fingerprint density at radius 3 is 2.68 bits per heavy atom. The first-order chi connectivity index (χ1) is 9.22. The molecule has 1 nitrogen and oxygen atoms in total. The second kappa shape index (κ2) is 5.16. The van der Waals surface area contributed by atoms with E-state index in [0.29, 0.717) is 6.42 Å². The Morgan fingerprint density at radius 2 is 1.89 bits per heavy atom. The van der Waals surface area contributed by atoms with E-state index in [1.165, 1.54) is 21.2 Å². The van der Waals surface area contributed by atoms with Crippen LogP contribution in [0.2, 0.25) is 0 Å². The van der Waals surface area contributed by atoms with Crippen molar-refractivity contribution in [2.24, 2.45) is 0 Å². The van der Waals surface area contributed by atoms with E-state index in [2.05, 4.69) is 43.3 Å². The first kappa shape index (κ1) is 12.4. The number of rotatable bonds is 3. The Kier molecular flexibility index (Phi) is 3.36. The van der Waals surface area contributed by atoms with Gasteiger partial charge in [-0.05, 0) is 30.0 Å². The van der Waals surface area contributed by atoms with E-state index in [-0.39, 0.29) is 0 Å². The number of benzene rings is 2. The van der Waals surface area contributed by atoms with Crippen LogP contribution < -0.4 is 0 Å². The molecule has 2 aromatic carbocycles. The van der Waals surface area contributed by atoms with Crippen LogP contribution in [-0.2, 0) is 6.42 Å². The molecule has 0 spiro atoms. The van der Waals surface area contributed by atoms with E-state index in [1.54, 1.807) is 11.3 Å². The zero-order valence-corrected chi connectivity index (χ0v) is 11.7. The molecular formula is C17H16OS. The summed E-state index contributed by atoms with van der Waals surface area (Å²) in [6.45, 7) is 2.08. The third kappa shape index (κ3) is 2.70. The fourth-order valence-corrected chi connectivity index (χ4v) is 3.38. The number of aryl methyl sites for hydroxylation is 1. The molecule has 3 aromatic rings. The Hall–Kier alpha value is -1.64. The maximum absolute atomic E-state index is 10.4. The number of aliphatic hydroxyl groups excluding tert-OH is 1. The third-order valence-corrected chi connectivity index (χ3v) is 4.50. The molecule has 0 bridgehead atoms. The molecule has 0 saturated carbocycles. The lowest BCUT2D eigenvalue weighted by Crippen LogP contribution is -1.99. The van der Waals surface area contributed by atoms with E-state index in [9.17, 15) is 5.11 Å². The van der Waals surface area contributed by atoms with E-state index >= 15 is 0 Å². The average Bonchev–Trinajstić information content (AvgIpc) is 2.82. The van der Waals surface area contributed by atoms with Gasteiger partial charge in [0.1, 0.15) is 0 Å². The summed E-state index contributed by atoms with van der Waals surface area (Å²) in [5.74, 6) is 0. The van der Waals surface area contributed by atoms with E-state index in [1.807, 2.05) is 18.2 Å². The van der Waals surface area contributed by atoms with Crippen LogP contribution >= 0.6 is 11.3 Å². The number of fused-ring (bicyclic) bond motifs is 1. The molecule has 1 unspecified atom stereocenters. The van der Waals surface area contributed by atoms with Crippen molar-refractivity contribution in [1.82, 2.24) is 0 Å². The molecule has 0 fully saturated rings. The Bertz CT molecular complexity index is 666. The highest BCUT2D eigenvalue weighted by atomic mass is 32.1. The molecule has 3 rings (SSSR count). The van der Waals surface area contributed by atoms with Gasteiger partial charge in [0.05, 0.1) is 6.10 Å². The van der Waals surface area contributed by atoms with Crippen molar-refractivity contribution in [3.8, 4) is 0 Å². The van der Waals surface area contributed by atoms with Gasteiger partial charge in [0.15, 0.2) is 0 Å². The minimum absolute atomic E-state index is 0.417. The Morgan fingerprint density at radius 1 is 1.05 bits per heavy atom. The van der Waals surface area contributed by atoms with Crippen molar-refractivity contribution in [1.29, 1.82) is 0 Å². The predicted octanol–water partition coefficient (Wildman–Crippen LogP) is 4.49. The quantitative estimate of drug-likeness (QED) is 0.742. The standard InChI is InChI=1S/C17H16OS/c1-12-5-4-6-13(9-12)10-15(18)17-11-14-7-2-3-8-16(14)19-17/h2-9,11,15,18H,10H2,1H3. The smallest absolute Gasteiger partial charge is 0.0922 e. The third-order valence-electron chi connectivity index (χ3n) is 3.28. The zero-order valence-electron chi connectivity index (χ0n) is 10.8. The molecule has 1 heterocycles. The van der Waals surface area contributed by atoms with Gasteiger partial charge in [-0.15, -0.1) is 11.3 Å². The lowest BCUT2D eigenvalue weighted by atomic mass is 10.0. The number of hydrogen-bond donors (Lipinski definition) is 1. The van der Waals surface area contributed by atoms with Crippen molar-refractivity contribution < 1.29 is 5.11 Å². The number of aliphatic hydroxyl groups is 1.